The van der Waals surface area contributed by atoms with E-state index in [2.05, 4.69) is 12.1 Å². The van der Waals surface area contributed by atoms with Crippen molar-refractivity contribution >= 4 is 13.7 Å². The quantitative estimate of drug-likeness (QED) is 0.716. The van der Waals surface area contributed by atoms with Crippen molar-refractivity contribution in [1.29, 1.82) is 0 Å². The number of hydrogen-bond acceptors (Lipinski definition) is 2. The lowest BCUT2D eigenvalue weighted by molar-refractivity contribution is 0.183. The first-order valence-corrected chi connectivity index (χ1v) is 6.46. The number of benzene rings is 1. The molecule has 0 aliphatic carbocycles. The van der Waals surface area contributed by atoms with Crippen molar-refractivity contribution in [2.75, 3.05) is 0 Å². The second kappa shape index (κ2) is 6.22. The van der Waals surface area contributed by atoms with E-state index in [9.17, 15) is 0 Å². The lowest BCUT2D eigenvalue weighted by Crippen LogP contribution is -2.12. The normalized spacial score (nSPS) is 11.7. The molecule has 3 heteroatoms. The van der Waals surface area contributed by atoms with Crippen molar-refractivity contribution in [2.45, 2.75) is 39.9 Å². The molecule has 0 bridgehead atoms. The molecular weight excluding hydrogens is 207 g/mol. The van der Waals surface area contributed by atoms with Gasteiger partial charge in [-0.15, -0.1) is 0 Å². The zero-order chi connectivity index (χ0) is 11.3. The van der Waals surface area contributed by atoms with Gasteiger partial charge in [0.25, 0.3) is 0 Å². The van der Waals surface area contributed by atoms with Gasteiger partial charge in [-0.05, 0) is 39.8 Å². The van der Waals surface area contributed by atoms with Gasteiger partial charge >= 0.3 is 0 Å². The summed E-state index contributed by atoms with van der Waals surface area (Å²) in [5.74, 6) is 0. The Bertz CT molecular complexity index is 262. The van der Waals surface area contributed by atoms with Gasteiger partial charge in [-0.25, -0.2) is 0 Å². The summed E-state index contributed by atoms with van der Waals surface area (Å²) in [4.78, 5) is 0. The number of hydrogen-bond donors (Lipinski definition) is 0. The third-order valence-electron chi connectivity index (χ3n) is 1.58. The van der Waals surface area contributed by atoms with Crippen LogP contribution in [-0.2, 0) is 9.05 Å². The molecule has 0 saturated carbocycles. The van der Waals surface area contributed by atoms with Gasteiger partial charge in [0.15, 0.2) is 0 Å². The molecule has 15 heavy (non-hydrogen) atoms. The molecular formula is C12H19O2P. The monoisotopic (exact) mass is 226 g/mol. The highest BCUT2D eigenvalue weighted by Crippen LogP contribution is 2.39. The summed E-state index contributed by atoms with van der Waals surface area (Å²) >= 11 is 0. The highest BCUT2D eigenvalue weighted by Gasteiger charge is 2.16. The summed E-state index contributed by atoms with van der Waals surface area (Å²) in [5, 5.41) is 1.13. The van der Waals surface area contributed by atoms with E-state index >= 15 is 0 Å². The molecule has 0 aliphatic rings. The Morgan fingerprint density at radius 2 is 1.33 bits per heavy atom. The van der Waals surface area contributed by atoms with E-state index in [0.717, 1.165) is 5.30 Å². The van der Waals surface area contributed by atoms with Gasteiger partial charge in [-0.1, -0.05) is 18.2 Å². The average molecular weight is 226 g/mol. The van der Waals surface area contributed by atoms with Gasteiger partial charge in [0, 0.05) is 5.30 Å². The molecule has 1 aromatic rings. The third kappa shape index (κ3) is 4.74. The van der Waals surface area contributed by atoms with Gasteiger partial charge < -0.3 is 9.05 Å². The molecule has 0 N–H and O–H groups in total. The SMILES string of the molecule is CC(C)OP(OC(C)C)c1ccccc1. The third-order valence-corrected chi connectivity index (χ3v) is 3.53. The van der Waals surface area contributed by atoms with Crippen LogP contribution in [0.4, 0.5) is 0 Å². The van der Waals surface area contributed by atoms with Crippen LogP contribution in [0.15, 0.2) is 30.3 Å². The molecule has 0 heterocycles. The van der Waals surface area contributed by atoms with E-state index < -0.39 is 8.38 Å². The molecule has 2 nitrogen and oxygen atoms in total. The van der Waals surface area contributed by atoms with Crippen LogP contribution in [0.25, 0.3) is 0 Å². The second-order valence-electron chi connectivity index (χ2n) is 3.90. The van der Waals surface area contributed by atoms with Crippen LogP contribution >= 0.6 is 8.38 Å². The summed E-state index contributed by atoms with van der Waals surface area (Å²) in [6, 6.07) is 10.1. The highest BCUT2D eigenvalue weighted by molar-refractivity contribution is 7.56. The van der Waals surface area contributed by atoms with Gasteiger partial charge in [-0.2, -0.15) is 0 Å². The lowest BCUT2D eigenvalue weighted by Gasteiger charge is -2.21. The van der Waals surface area contributed by atoms with E-state index in [0.29, 0.717) is 0 Å². The smallest absolute Gasteiger partial charge is 0.205 e. The summed E-state index contributed by atoms with van der Waals surface area (Å²) in [7, 11) is -0.935. The zero-order valence-corrected chi connectivity index (χ0v) is 10.7. The Balaban J connectivity index is 2.72. The first-order chi connectivity index (χ1) is 7.09. The maximum absolute atomic E-state index is 5.79. The first kappa shape index (κ1) is 12.6. The van der Waals surface area contributed by atoms with E-state index in [1.54, 1.807) is 0 Å². The molecule has 0 aliphatic heterocycles. The molecule has 0 spiro atoms. The van der Waals surface area contributed by atoms with Crippen molar-refractivity contribution < 1.29 is 9.05 Å². The fourth-order valence-corrected chi connectivity index (χ4v) is 2.55. The average Bonchev–Trinajstić information content (AvgIpc) is 2.17. The maximum Gasteiger partial charge on any atom is 0.205 e. The molecule has 1 rings (SSSR count). The Hall–Kier alpha value is -0.430. The maximum atomic E-state index is 5.79. The van der Waals surface area contributed by atoms with E-state index in [1.165, 1.54) is 0 Å². The van der Waals surface area contributed by atoms with Crippen molar-refractivity contribution in [3.05, 3.63) is 30.3 Å². The molecule has 84 valence electrons. The minimum absolute atomic E-state index is 0.190. The van der Waals surface area contributed by atoms with Crippen LogP contribution in [0.3, 0.4) is 0 Å². The number of rotatable bonds is 5. The van der Waals surface area contributed by atoms with Gasteiger partial charge in [0.05, 0.1) is 12.2 Å². The lowest BCUT2D eigenvalue weighted by atomic mass is 10.4. The van der Waals surface area contributed by atoms with Crippen molar-refractivity contribution in [1.82, 2.24) is 0 Å². The van der Waals surface area contributed by atoms with Crippen LogP contribution < -0.4 is 5.30 Å². The van der Waals surface area contributed by atoms with E-state index in [1.807, 2.05) is 45.9 Å². The second-order valence-corrected chi connectivity index (χ2v) is 5.35. The fourth-order valence-electron chi connectivity index (χ4n) is 1.08. The minimum atomic E-state index is -0.935. The van der Waals surface area contributed by atoms with Crippen LogP contribution in [0.2, 0.25) is 0 Å². The Labute approximate surface area is 93.5 Å². The molecule has 0 amide bonds. The highest BCUT2D eigenvalue weighted by atomic mass is 31.2. The molecule has 0 atom stereocenters. The fraction of sp³-hybridized carbons (Fsp3) is 0.500. The summed E-state index contributed by atoms with van der Waals surface area (Å²) in [6.07, 6.45) is 0.380. The van der Waals surface area contributed by atoms with Crippen LogP contribution in [0.5, 0.6) is 0 Å². The Morgan fingerprint density at radius 1 is 0.867 bits per heavy atom. The zero-order valence-electron chi connectivity index (χ0n) is 9.81. The van der Waals surface area contributed by atoms with Gasteiger partial charge in [-0.3, -0.25) is 0 Å². The molecule has 1 aromatic carbocycles. The Morgan fingerprint density at radius 3 is 1.73 bits per heavy atom. The molecule has 0 saturated heterocycles. The minimum Gasteiger partial charge on any atom is -0.328 e. The van der Waals surface area contributed by atoms with Crippen molar-refractivity contribution in [3.8, 4) is 0 Å². The summed E-state index contributed by atoms with van der Waals surface area (Å²) in [5.41, 5.74) is 0. The topological polar surface area (TPSA) is 18.5 Å². The van der Waals surface area contributed by atoms with E-state index in [4.69, 9.17) is 9.05 Å². The van der Waals surface area contributed by atoms with Crippen molar-refractivity contribution in [2.24, 2.45) is 0 Å². The van der Waals surface area contributed by atoms with E-state index in [-0.39, 0.29) is 12.2 Å². The summed E-state index contributed by atoms with van der Waals surface area (Å²) in [6.45, 7) is 8.12. The molecule has 0 aromatic heterocycles. The molecule has 0 unspecified atom stereocenters. The van der Waals surface area contributed by atoms with Gasteiger partial charge in [0.1, 0.15) is 0 Å². The van der Waals surface area contributed by atoms with Crippen LogP contribution in [0, 0.1) is 0 Å². The van der Waals surface area contributed by atoms with Gasteiger partial charge in [0.2, 0.25) is 8.38 Å². The summed E-state index contributed by atoms with van der Waals surface area (Å²) < 4.78 is 11.6. The largest absolute Gasteiger partial charge is 0.328 e. The molecule has 0 radical (unpaired) electrons. The predicted octanol–water partition coefficient (Wildman–Crippen LogP) is 3.47. The standard InChI is InChI=1S/C12H19O2P/c1-10(2)13-15(14-11(3)4)12-8-6-5-7-9-12/h5-11H,1-4H3. The van der Waals surface area contributed by atoms with Crippen molar-refractivity contribution in [3.63, 3.8) is 0 Å². The van der Waals surface area contributed by atoms with Crippen LogP contribution in [-0.4, -0.2) is 12.2 Å². The van der Waals surface area contributed by atoms with Crippen LogP contribution in [0.1, 0.15) is 27.7 Å². The first-order valence-electron chi connectivity index (χ1n) is 5.28. The molecule has 0 fully saturated rings. The Kier molecular flexibility index (Phi) is 5.24. The predicted molar refractivity (Wildman–Crippen MR) is 65.4 cm³/mol.